The number of rotatable bonds is 6. The highest BCUT2D eigenvalue weighted by atomic mass is 19.4. The molecular weight excluding hydrogens is 342 g/mol. The molecule has 0 aliphatic heterocycles. The molecule has 0 spiro atoms. The van der Waals surface area contributed by atoms with Crippen molar-refractivity contribution < 1.29 is 54.9 Å². The first-order valence-corrected chi connectivity index (χ1v) is 5.55. The summed E-state index contributed by atoms with van der Waals surface area (Å²) in [4.78, 5) is 32.3. The molecule has 23 heavy (non-hydrogen) atoms. The van der Waals surface area contributed by atoms with E-state index in [4.69, 9.17) is 0 Å². The number of alkyl halides is 6. The average Bonchev–Trinajstić information content (AvgIpc) is 2.42. The van der Waals surface area contributed by atoms with Crippen LogP contribution in [0.3, 0.4) is 0 Å². The number of ether oxygens (including phenoxy) is 3. The summed E-state index contributed by atoms with van der Waals surface area (Å²) in [5, 5.41) is 0. The summed E-state index contributed by atoms with van der Waals surface area (Å²) in [5.74, 6) is -8.12. The third kappa shape index (κ3) is 7.02. The van der Waals surface area contributed by atoms with Gasteiger partial charge in [0.25, 0.3) is 0 Å². The Hall–Kier alpha value is -2.27. The van der Waals surface area contributed by atoms with Gasteiger partial charge in [-0.1, -0.05) is 6.58 Å². The Morgan fingerprint density at radius 1 is 0.913 bits per heavy atom. The number of hydrogen-bond acceptors (Lipinski definition) is 6. The van der Waals surface area contributed by atoms with E-state index in [2.05, 4.69) is 20.8 Å². The predicted molar refractivity (Wildman–Crippen MR) is 58.7 cm³/mol. The topological polar surface area (TPSA) is 78.9 Å². The van der Waals surface area contributed by atoms with Gasteiger partial charge in [-0.3, -0.25) is 0 Å². The van der Waals surface area contributed by atoms with Crippen molar-refractivity contribution in [1.82, 2.24) is 0 Å². The number of carbonyl (C=O) groups excluding carboxylic acids is 3. The third-order valence-electron chi connectivity index (χ3n) is 2.23. The van der Waals surface area contributed by atoms with Crippen molar-refractivity contribution in [3.63, 3.8) is 0 Å². The first kappa shape index (κ1) is 20.7. The van der Waals surface area contributed by atoms with Gasteiger partial charge in [-0.15, -0.1) is 0 Å². The van der Waals surface area contributed by atoms with Crippen molar-refractivity contribution in [2.24, 2.45) is 5.92 Å². The molecule has 0 fully saturated rings. The molecule has 0 saturated heterocycles. The van der Waals surface area contributed by atoms with Gasteiger partial charge >= 0.3 is 30.3 Å². The van der Waals surface area contributed by atoms with Crippen LogP contribution in [0.4, 0.5) is 26.3 Å². The fraction of sp³-hybridized carbons (Fsp3) is 0.545. The minimum Gasteiger partial charge on any atom is -0.466 e. The Labute approximate surface area is 125 Å². The molecule has 0 aliphatic rings. The van der Waals surface area contributed by atoms with E-state index < -0.39 is 55.0 Å². The quantitative estimate of drug-likeness (QED) is 0.312. The summed E-state index contributed by atoms with van der Waals surface area (Å²) in [5.41, 5.74) is -0.641. The van der Waals surface area contributed by atoms with Crippen molar-refractivity contribution in [2.45, 2.75) is 12.4 Å². The third-order valence-corrected chi connectivity index (χ3v) is 2.23. The lowest BCUT2D eigenvalue weighted by Crippen LogP contribution is -2.33. The normalized spacial score (nSPS) is 11.8. The molecule has 132 valence electrons. The van der Waals surface area contributed by atoms with Gasteiger partial charge in [-0.2, -0.15) is 26.3 Å². The maximum Gasteiger partial charge on any atom is 0.490 e. The molecule has 0 unspecified atom stereocenters. The zero-order chi connectivity index (χ0) is 18.4. The van der Waals surface area contributed by atoms with Crippen molar-refractivity contribution in [2.75, 3.05) is 20.3 Å². The van der Waals surface area contributed by atoms with Gasteiger partial charge in [0.2, 0.25) is 0 Å². The van der Waals surface area contributed by atoms with E-state index >= 15 is 0 Å². The van der Waals surface area contributed by atoms with Crippen molar-refractivity contribution >= 4 is 17.9 Å². The molecule has 0 radical (unpaired) electrons. The largest absolute Gasteiger partial charge is 0.490 e. The van der Waals surface area contributed by atoms with E-state index in [1.807, 2.05) is 0 Å². The van der Waals surface area contributed by atoms with Crippen LogP contribution in [0.15, 0.2) is 12.2 Å². The molecular formula is C11H10F6O6. The van der Waals surface area contributed by atoms with Gasteiger partial charge in [0.1, 0.15) is 13.2 Å². The van der Waals surface area contributed by atoms with Crippen LogP contribution in [0.2, 0.25) is 0 Å². The first-order chi connectivity index (χ1) is 10.3. The summed E-state index contributed by atoms with van der Waals surface area (Å²) in [6.45, 7) is 0.692. The molecule has 0 N–H and O–H groups in total. The summed E-state index contributed by atoms with van der Waals surface area (Å²) in [7, 11) is 0.869. The molecule has 0 atom stereocenters. The predicted octanol–water partition coefficient (Wildman–Crippen LogP) is 1.54. The Balaban J connectivity index is 4.90. The van der Waals surface area contributed by atoms with E-state index in [-0.39, 0.29) is 0 Å². The van der Waals surface area contributed by atoms with Crippen LogP contribution in [0.5, 0.6) is 0 Å². The van der Waals surface area contributed by atoms with Gasteiger partial charge in [-0.25, -0.2) is 14.4 Å². The summed E-state index contributed by atoms with van der Waals surface area (Å²) < 4.78 is 83.6. The van der Waals surface area contributed by atoms with Gasteiger partial charge < -0.3 is 14.2 Å². The number of methoxy groups -OCH3 is 1. The van der Waals surface area contributed by atoms with Crippen LogP contribution >= 0.6 is 0 Å². The first-order valence-electron chi connectivity index (χ1n) is 5.55. The zero-order valence-corrected chi connectivity index (χ0v) is 11.4. The minimum absolute atomic E-state index is 0.641. The van der Waals surface area contributed by atoms with Gasteiger partial charge in [0.15, 0.2) is 0 Å². The van der Waals surface area contributed by atoms with Crippen molar-refractivity contribution in [1.29, 1.82) is 0 Å². The van der Waals surface area contributed by atoms with E-state index in [1.165, 1.54) is 0 Å². The van der Waals surface area contributed by atoms with Gasteiger partial charge in [0.05, 0.1) is 13.0 Å². The number of halogens is 6. The van der Waals surface area contributed by atoms with E-state index in [9.17, 15) is 40.7 Å². The smallest absolute Gasteiger partial charge is 0.466 e. The molecule has 0 rings (SSSR count). The second-order valence-corrected chi connectivity index (χ2v) is 3.91. The van der Waals surface area contributed by atoms with Crippen LogP contribution in [0.1, 0.15) is 0 Å². The zero-order valence-electron chi connectivity index (χ0n) is 11.4. The fourth-order valence-electron chi connectivity index (χ4n) is 1.06. The van der Waals surface area contributed by atoms with Crippen LogP contribution in [-0.4, -0.2) is 50.6 Å². The number of hydrogen-bond donors (Lipinski definition) is 0. The maximum absolute atomic E-state index is 12.0. The average molecular weight is 352 g/mol. The standard InChI is InChI=1S/C11H10F6O6/c1-5(7(18)21-2)6(3-22-8(19)10(12,13)14)4-23-9(20)11(15,16)17/h6H,1,3-4H2,2H3. The van der Waals surface area contributed by atoms with E-state index in [0.29, 0.717) is 0 Å². The summed E-state index contributed by atoms with van der Waals surface area (Å²) >= 11 is 0. The van der Waals surface area contributed by atoms with Gasteiger partial charge in [-0.05, 0) is 0 Å². The van der Waals surface area contributed by atoms with Crippen LogP contribution < -0.4 is 0 Å². The highest BCUT2D eigenvalue weighted by molar-refractivity contribution is 5.88. The highest BCUT2D eigenvalue weighted by Crippen LogP contribution is 2.21. The fourth-order valence-corrected chi connectivity index (χ4v) is 1.06. The maximum atomic E-state index is 12.0. The molecule has 0 bridgehead atoms. The Morgan fingerprint density at radius 2 is 1.26 bits per heavy atom. The second kappa shape index (κ2) is 7.83. The molecule has 0 saturated carbocycles. The SMILES string of the molecule is C=C(C(=O)OC)C(COC(=O)C(F)(F)F)COC(=O)C(F)(F)F. The van der Waals surface area contributed by atoms with E-state index in [0.717, 1.165) is 7.11 Å². The highest BCUT2D eigenvalue weighted by Gasteiger charge is 2.43. The molecule has 0 aromatic carbocycles. The number of esters is 3. The van der Waals surface area contributed by atoms with Crippen molar-refractivity contribution in [3.05, 3.63) is 12.2 Å². The van der Waals surface area contributed by atoms with Crippen molar-refractivity contribution in [3.8, 4) is 0 Å². The molecule has 0 aromatic rings. The molecule has 0 aromatic heterocycles. The van der Waals surface area contributed by atoms with E-state index in [1.54, 1.807) is 0 Å². The summed E-state index contributed by atoms with van der Waals surface area (Å²) in [6.07, 6.45) is -10.7. The second-order valence-electron chi connectivity index (χ2n) is 3.91. The lowest BCUT2D eigenvalue weighted by Gasteiger charge is -2.18. The summed E-state index contributed by atoms with van der Waals surface area (Å²) in [6, 6.07) is 0. The monoisotopic (exact) mass is 352 g/mol. The lowest BCUT2D eigenvalue weighted by atomic mass is 10.0. The Morgan fingerprint density at radius 3 is 1.52 bits per heavy atom. The molecule has 12 heteroatoms. The van der Waals surface area contributed by atoms with Crippen LogP contribution in [0.25, 0.3) is 0 Å². The Bertz CT molecular complexity index is 450. The van der Waals surface area contributed by atoms with Crippen LogP contribution in [0, 0.1) is 5.92 Å². The molecule has 0 heterocycles. The number of carbonyl (C=O) groups is 3. The van der Waals surface area contributed by atoms with Gasteiger partial charge in [0, 0.05) is 5.57 Å². The van der Waals surface area contributed by atoms with Crippen LogP contribution in [-0.2, 0) is 28.6 Å². The molecule has 6 nitrogen and oxygen atoms in total. The molecule has 0 amide bonds. The Kier molecular flexibility index (Phi) is 7.06. The minimum atomic E-state index is -5.35. The molecule has 0 aliphatic carbocycles. The lowest BCUT2D eigenvalue weighted by molar-refractivity contribution is -0.204.